The van der Waals surface area contributed by atoms with Gasteiger partial charge in [0.2, 0.25) is 0 Å². The second-order valence-electron chi connectivity index (χ2n) is 8.54. The van der Waals surface area contributed by atoms with Gasteiger partial charge in [0, 0.05) is 7.05 Å². The minimum absolute atomic E-state index is 0.0628. The molecule has 2 aliphatic rings. The molecule has 2 aliphatic carbocycles. The molecule has 0 aromatic carbocycles. The van der Waals surface area contributed by atoms with Crippen LogP contribution in [0.1, 0.15) is 51.1 Å². The van der Waals surface area contributed by atoms with Gasteiger partial charge in [-0.3, -0.25) is 19.3 Å². The monoisotopic (exact) mass is 428 g/mol. The second-order valence-corrected chi connectivity index (χ2v) is 8.54. The van der Waals surface area contributed by atoms with Crippen LogP contribution in [0.5, 0.6) is 5.75 Å². The average Bonchev–Trinajstić information content (AvgIpc) is 3.54. The lowest BCUT2D eigenvalue weighted by molar-refractivity contribution is -0.148. The van der Waals surface area contributed by atoms with E-state index in [1.807, 2.05) is 6.92 Å². The highest BCUT2D eigenvalue weighted by Crippen LogP contribution is 2.34. The van der Waals surface area contributed by atoms with Crippen molar-refractivity contribution in [2.24, 2.45) is 18.9 Å². The summed E-state index contributed by atoms with van der Waals surface area (Å²) in [6.45, 7) is 1.93. The Morgan fingerprint density at radius 3 is 2.74 bits per heavy atom. The zero-order chi connectivity index (χ0) is 22.0. The highest BCUT2D eigenvalue weighted by Gasteiger charge is 2.31. The number of carboxylic acid groups (broad SMARTS) is 1. The van der Waals surface area contributed by atoms with Gasteiger partial charge in [0.15, 0.2) is 0 Å². The lowest BCUT2D eigenvalue weighted by Crippen LogP contribution is -2.29. The van der Waals surface area contributed by atoms with Crippen LogP contribution in [0, 0.1) is 11.8 Å². The first-order valence-electron chi connectivity index (χ1n) is 10.8. The third-order valence-electron chi connectivity index (χ3n) is 6.11. The zero-order valence-electron chi connectivity index (χ0n) is 17.9. The first kappa shape index (κ1) is 21.3. The molecule has 2 fully saturated rings. The van der Waals surface area contributed by atoms with E-state index >= 15 is 0 Å². The predicted octanol–water partition coefficient (Wildman–Crippen LogP) is 2.78. The van der Waals surface area contributed by atoms with E-state index in [0.29, 0.717) is 41.6 Å². The molecule has 1 N–H and O–H groups in total. The molecule has 2 aromatic heterocycles. The molecule has 2 heterocycles. The van der Waals surface area contributed by atoms with Crippen LogP contribution in [-0.2, 0) is 27.8 Å². The SMILES string of the molecule is C[C@@H](OC(=O)Cc1c(-c2ccc(O[C@H]3CCC[C@H](C(=O)O)C3)cn2)nnn1C)C1CC1. The molecule has 0 unspecified atom stereocenters. The fourth-order valence-corrected chi connectivity index (χ4v) is 4.08. The fraction of sp³-hybridized carbons (Fsp3) is 0.591. The Labute approximate surface area is 180 Å². The van der Waals surface area contributed by atoms with Gasteiger partial charge in [0.1, 0.15) is 17.5 Å². The fourth-order valence-electron chi connectivity index (χ4n) is 4.08. The molecule has 3 atom stereocenters. The van der Waals surface area contributed by atoms with E-state index in [1.54, 1.807) is 30.1 Å². The van der Waals surface area contributed by atoms with Crippen LogP contribution >= 0.6 is 0 Å². The molecule has 0 aliphatic heterocycles. The lowest BCUT2D eigenvalue weighted by Gasteiger charge is -2.27. The molecule has 9 nitrogen and oxygen atoms in total. The topological polar surface area (TPSA) is 116 Å². The van der Waals surface area contributed by atoms with Crippen LogP contribution in [0.15, 0.2) is 18.3 Å². The van der Waals surface area contributed by atoms with E-state index in [2.05, 4.69) is 15.3 Å². The molecule has 0 amide bonds. The minimum Gasteiger partial charge on any atom is -0.489 e. The number of hydrogen-bond donors (Lipinski definition) is 1. The largest absolute Gasteiger partial charge is 0.489 e. The summed E-state index contributed by atoms with van der Waals surface area (Å²) in [5.74, 6) is -0.339. The summed E-state index contributed by atoms with van der Waals surface area (Å²) in [7, 11) is 1.74. The molecule has 0 bridgehead atoms. The van der Waals surface area contributed by atoms with Crippen molar-refractivity contribution in [1.29, 1.82) is 0 Å². The third kappa shape index (κ3) is 5.21. The summed E-state index contributed by atoms with van der Waals surface area (Å²) in [5.41, 5.74) is 1.77. The standard InChI is InChI=1S/C22H28N4O5/c1-13(14-6-7-14)30-20(27)11-19-21(24-25-26(19)2)18-9-8-17(12-23-18)31-16-5-3-4-15(10-16)22(28)29/h8-9,12-16H,3-7,10-11H2,1-2H3,(H,28,29)/t13-,15+,16+/m1/s1. The van der Waals surface area contributed by atoms with E-state index in [9.17, 15) is 14.7 Å². The van der Waals surface area contributed by atoms with Gasteiger partial charge in [-0.25, -0.2) is 0 Å². The highest BCUT2D eigenvalue weighted by atomic mass is 16.5. The number of ether oxygens (including phenoxy) is 2. The van der Waals surface area contributed by atoms with Crippen molar-refractivity contribution < 1.29 is 24.2 Å². The predicted molar refractivity (Wildman–Crippen MR) is 110 cm³/mol. The number of nitrogens with zero attached hydrogens (tertiary/aromatic N) is 4. The molecular formula is C22H28N4O5. The number of pyridine rings is 1. The van der Waals surface area contributed by atoms with Gasteiger partial charge in [-0.15, -0.1) is 5.10 Å². The zero-order valence-corrected chi connectivity index (χ0v) is 17.9. The van der Waals surface area contributed by atoms with E-state index in [-0.39, 0.29) is 30.5 Å². The number of carbonyl (C=O) groups is 2. The summed E-state index contributed by atoms with van der Waals surface area (Å²) in [4.78, 5) is 28.0. The Morgan fingerprint density at radius 1 is 1.26 bits per heavy atom. The molecule has 2 saturated carbocycles. The van der Waals surface area contributed by atoms with Gasteiger partial charge >= 0.3 is 11.9 Å². The first-order valence-corrected chi connectivity index (χ1v) is 10.8. The van der Waals surface area contributed by atoms with Crippen molar-refractivity contribution in [1.82, 2.24) is 20.0 Å². The van der Waals surface area contributed by atoms with Crippen LogP contribution in [0.25, 0.3) is 11.4 Å². The minimum atomic E-state index is -0.762. The van der Waals surface area contributed by atoms with Crippen molar-refractivity contribution in [3.8, 4) is 17.1 Å². The van der Waals surface area contributed by atoms with Crippen molar-refractivity contribution in [3.63, 3.8) is 0 Å². The average molecular weight is 428 g/mol. The number of aromatic nitrogens is 4. The highest BCUT2D eigenvalue weighted by molar-refractivity contribution is 5.75. The summed E-state index contributed by atoms with van der Waals surface area (Å²) in [6, 6.07) is 3.57. The molecule has 2 aromatic rings. The third-order valence-corrected chi connectivity index (χ3v) is 6.11. The molecule has 0 radical (unpaired) electrons. The van der Waals surface area contributed by atoms with E-state index in [0.717, 1.165) is 25.7 Å². The Morgan fingerprint density at radius 2 is 2.06 bits per heavy atom. The van der Waals surface area contributed by atoms with Gasteiger partial charge in [0.25, 0.3) is 0 Å². The maximum atomic E-state index is 12.4. The number of hydrogen-bond acceptors (Lipinski definition) is 7. The maximum absolute atomic E-state index is 12.4. The number of esters is 1. The number of carboxylic acids is 1. The smallest absolute Gasteiger partial charge is 0.312 e. The Kier molecular flexibility index (Phi) is 6.20. The van der Waals surface area contributed by atoms with Crippen LogP contribution in [0.2, 0.25) is 0 Å². The van der Waals surface area contributed by atoms with Gasteiger partial charge in [-0.1, -0.05) is 5.21 Å². The van der Waals surface area contributed by atoms with Gasteiger partial charge < -0.3 is 14.6 Å². The van der Waals surface area contributed by atoms with Crippen LogP contribution < -0.4 is 4.74 Å². The second kappa shape index (κ2) is 9.03. The summed E-state index contributed by atoms with van der Waals surface area (Å²) >= 11 is 0. The number of aryl methyl sites for hydroxylation is 1. The van der Waals surface area contributed by atoms with Gasteiger partial charge in [-0.05, 0) is 63.5 Å². The summed E-state index contributed by atoms with van der Waals surface area (Å²) in [6.07, 6.45) is 6.60. The normalized spacial score (nSPS) is 22.0. The molecule has 31 heavy (non-hydrogen) atoms. The van der Waals surface area contributed by atoms with E-state index in [4.69, 9.17) is 9.47 Å². The van der Waals surface area contributed by atoms with Crippen LogP contribution in [0.4, 0.5) is 0 Å². The van der Waals surface area contributed by atoms with Crippen molar-refractivity contribution in [2.75, 3.05) is 0 Å². The number of carbonyl (C=O) groups excluding carboxylic acids is 1. The Hall–Kier alpha value is -2.97. The molecule has 9 heteroatoms. The summed E-state index contributed by atoms with van der Waals surface area (Å²) < 4.78 is 13.1. The Balaban J connectivity index is 1.41. The van der Waals surface area contributed by atoms with Gasteiger partial charge in [-0.2, -0.15) is 0 Å². The maximum Gasteiger partial charge on any atom is 0.312 e. The first-order chi connectivity index (χ1) is 14.9. The van der Waals surface area contributed by atoms with Crippen molar-refractivity contribution in [2.45, 2.75) is 64.1 Å². The molecule has 0 spiro atoms. The summed E-state index contributed by atoms with van der Waals surface area (Å²) in [5, 5.41) is 17.5. The van der Waals surface area contributed by atoms with E-state index < -0.39 is 5.97 Å². The van der Waals surface area contributed by atoms with Gasteiger partial charge in [0.05, 0.1) is 36.0 Å². The molecular weight excluding hydrogens is 400 g/mol. The molecule has 4 rings (SSSR count). The number of aliphatic carboxylic acids is 1. The quantitative estimate of drug-likeness (QED) is 0.638. The molecule has 166 valence electrons. The van der Waals surface area contributed by atoms with Crippen LogP contribution in [-0.4, -0.2) is 49.2 Å². The van der Waals surface area contributed by atoms with Crippen molar-refractivity contribution in [3.05, 3.63) is 24.0 Å². The van der Waals surface area contributed by atoms with Crippen molar-refractivity contribution >= 4 is 11.9 Å². The van der Waals surface area contributed by atoms with Crippen LogP contribution in [0.3, 0.4) is 0 Å². The lowest BCUT2D eigenvalue weighted by atomic mass is 9.87. The van der Waals surface area contributed by atoms with E-state index in [1.165, 1.54) is 0 Å². The molecule has 0 saturated heterocycles. The number of rotatable bonds is 8. The Bertz CT molecular complexity index is 938.